The number of furan rings is 1. The smallest absolute Gasteiger partial charge is 0.296 e. The number of thiazole rings is 1. The van der Waals surface area contributed by atoms with Crippen molar-refractivity contribution in [2.24, 2.45) is 0 Å². The summed E-state index contributed by atoms with van der Waals surface area (Å²) in [4.78, 5) is 34.9. The molecule has 1 amide bonds. The molecule has 3 heterocycles. The van der Waals surface area contributed by atoms with E-state index in [1.807, 2.05) is 24.3 Å². The minimum Gasteiger partial charge on any atom is -0.503 e. The van der Waals surface area contributed by atoms with Gasteiger partial charge in [0.05, 0.1) is 21.8 Å². The third-order valence-electron chi connectivity index (χ3n) is 6.30. The number of carbonyl (C=O) groups is 2. The van der Waals surface area contributed by atoms with Gasteiger partial charge in [-0.2, -0.15) is 0 Å². The molecule has 2 aromatic carbocycles. The average molecular weight is 506 g/mol. The van der Waals surface area contributed by atoms with E-state index in [4.69, 9.17) is 4.42 Å². The molecule has 1 aliphatic rings. The van der Waals surface area contributed by atoms with E-state index in [9.17, 15) is 19.1 Å². The van der Waals surface area contributed by atoms with Crippen molar-refractivity contribution in [3.05, 3.63) is 88.8 Å². The number of hydrogen-bond acceptors (Lipinski definition) is 7. The largest absolute Gasteiger partial charge is 0.503 e. The summed E-state index contributed by atoms with van der Waals surface area (Å²) in [7, 11) is 0. The SMILES string of the molecule is CCN(CC)c1ccc(C2C(C(=O)c3ccc(C)o3)=C(O)C(=O)N2c2nc3ccc(F)cc3s2)cc1. The molecule has 5 rings (SSSR count). The Morgan fingerprint density at radius 2 is 1.86 bits per heavy atom. The molecule has 7 nitrogen and oxygen atoms in total. The summed E-state index contributed by atoms with van der Waals surface area (Å²) in [6.07, 6.45) is 0. The summed E-state index contributed by atoms with van der Waals surface area (Å²) in [6.45, 7) is 7.49. The van der Waals surface area contributed by atoms with Gasteiger partial charge < -0.3 is 14.4 Å². The number of rotatable bonds is 7. The van der Waals surface area contributed by atoms with Crippen LogP contribution in [0.25, 0.3) is 10.2 Å². The number of carbonyl (C=O) groups excluding carboxylic acids is 2. The zero-order valence-electron chi connectivity index (χ0n) is 20.0. The fraction of sp³-hybridized carbons (Fsp3) is 0.222. The highest BCUT2D eigenvalue weighted by Gasteiger charge is 2.46. The summed E-state index contributed by atoms with van der Waals surface area (Å²) in [5.74, 6) is -1.84. The third-order valence-corrected chi connectivity index (χ3v) is 7.32. The van der Waals surface area contributed by atoms with Crippen LogP contribution in [0.15, 0.2) is 70.3 Å². The average Bonchev–Trinajstić information content (AvgIpc) is 3.56. The molecule has 1 unspecified atom stereocenters. The van der Waals surface area contributed by atoms with Crippen molar-refractivity contribution in [1.29, 1.82) is 0 Å². The standard InChI is InChI=1S/C27H24FN3O4S/c1-4-30(5-2)18-10-7-16(8-11-18)23-22(24(32)20-13-6-15(3)35-20)25(33)26(34)31(23)27-29-19-12-9-17(28)14-21(19)36-27/h6-14,23,33H,4-5H2,1-3H3. The maximum Gasteiger partial charge on any atom is 0.296 e. The quantitative estimate of drug-likeness (QED) is 0.312. The molecule has 1 atom stereocenters. The van der Waals surface area contributed by atoms with E-state index in [2.05, 4.69) is 23.7 Å². The number of aryl methyl sites for hydroxylation is 1. The number of fused-ring (bicyclic) bond motifs is 1. The second-order valence-corrected chi connectivity index (χ2v) is 9.46. The molecule has 1 aliphatic heterocycles. The first-order valence-corrected chi connectivity index (χ1v) is 12.4. The van der Waals surface area contributed by atoms with Crippen LogP contribution in [0.5, 0.6) is 0 Å². The lowest BCUT2D eigenvalue weighted by Gasteiger charge is -2.26. The maximum atomic E-state index is 13.8. The van der Waals surface area contributed by atoms with Crippen LogP contribution in [0.2, 0.25) is 0 Å². The summed E-state index contributed by atoms with van der Waals surface area (Å²) in [5.41, 5.74) is 2.05. The number of amides is 1. The number of nitrogens with zero attached hydrogens (tertiary/aromatic N) is 3. The van der Waals surface area contributed by atoms with E-state index in [0.29, 0.717) is 21.5 Å². The molecule has 2 aromatic heterocycles. The first-order valence-electron chi connectivity index (χ1n) is 11.6. The Kier molecular flexibility index (Phi) is 6.09. The van der Waals surface area contributed by atoms with Crippen LogP contribution < -0.4 is 9.80 Å². The number of aromatic nitrogens is 1. The Bertz CT molecular complexity index is 1500. The molecule has 0 aliphatic carbocycles. The predicted molar refractivity (Wildman–Crippen MR) is 137 cm³/mol. The van der Waals surface area contributed by atoms with Crippen LogP contribution in [0.3, 0.4) is 0 Å². The number of aliphatic hydroxyl groups excluding tert-OH is 1. The second-order valence-electron chi connectivity index (χ2n) is 8.45. The molecule has 0 spiro atoms. The number of ketones is 1. The number of anilines is 2. The van der Waals surface area contributed by atoms with E-state index < -0.39 is 29.3 Å². The minimum atomic E-state index is -0.938. The zero-order valence-corrected chi connectivity index (χ0v) is 20.8. The van der Waals surface area contributed by atoms with Gasteiger partial charge in [-0.15, -0.1) is 0 Å². The number of halogens is 1. The van der Waals surface area contributed by atoms with Gasteiger partial charge >= 0.3 is 0 Å². The third kappa shape index (κ3) is 3.95. The molecular formula is C27H24FN3O4S. The van der Waals surface area contributed by atoms with Gasteiger partial charge in [0.15, 0.2) is 16.7 Å². The van der Waals surface area contributed by atoms with E-state index >= 15 is 0 Å². The lowest BCUT2D eigenvalue weighted by molar-refractivity contribution is -0.117. The molecule has 4 aromatic rings. The molecule has 0 saturated heterocycles. The van der Waals surface area contributed by atoms with Crippen LogP contribution in [0.4, 0.5) is 15.2 Å². The number of Topliss-reactive ketones (excluding diaryl/α,β-unsaturated/α-hetero) is 1. The van der Waals surface area contributed by atoms with E-state index in [-0.39, 0.29) is 16.5 Å². The van der Waals surface area contributed by atoms with Crippen molar-refractivity contribution in [3.8, 4) is 0 Å². The van der Waals surface area contributed by atoms with Crippen molar-refractivity contribution in [2.75, 3.05) is 22.9 Å². The first-order chi connectivity index (χ1) is 17.3. The maximum absolute atomic E-state index is 13.8. The van der Waals surface area contributed by atoms with Gasteiger partial charge in [0.2, 0.25) is 5.78 Å². The molecule has 184 valence electrons. The Morgan fingerprint density at radius 1 is 1.14 bits per heavy atom. The van der Waals surface area contributed by atoms with Gasteiger partial charge in [0.25, 0.3) is 5.91 Å². The fourth-order valence-electron chi connectivity index (χ4n) is 4.48. The minimum absolute atomic E-state index is 0.0276. The monoisotopic (exact) mass is 505 g/mol. The second kappa shape index (κ2) is 9.23. The van der Waals surface area contributed by atoms with Crippen LogP contribution in [0.1, 0.15) is 41.8 Å². The number of aliphatic hydroxyl groups is 1. The summed E-state index contributed by atoms with van der Waals surface area (Å²) >= 11 is 1.12. The van der Waals surface area contributed by atoms with Gasteiger partial charge in [-0.05, 0) is 68.8 Å². The van der Waals surface area contributed by atoms with Crippen molar-refractivity contribution in [3.63, 3.8) is 0 Å². The van der Waals surface area contributed by atoms with Crippen molar-refractivity contribution in [1.82, 2.24) is 4.98 Å². The van der Waals surface area contributed by atoms with Gasteiger partial charge in [-0.1, -0.05) is 23.5 Å². The van der Waals surface area contributed by atoms with Crippen LogP contribution >= 0.6 is 11.3 Å². The molecule has 0 fully saturated rings. The Hall–Kier alpha value is -3.98. The van der Waals surface area contributed by atoms with E-state index in [1.54, 1.807) is 13.0 Å². The normalized spacial score (nSPS) is 15.8. The topological polar surface area (TPSA) is 86.9 Å². The Balaban J connectivity index is 1.64. The summed E-state index contributed by atoms with van der Waals surface area (Å²) in [5, 5.41) is 11.2. The van der Waals surface area contributed by atoms with Gasteiger partial charge in [-0.25, -0.2) is 9.37 Å². The summed E-state index contributed by atoms with van der Waals surface area (Å²) in [6, 6.07) is 13.9. The first kappa shape index (κ1) is 23.7. The van der Waals surface area contributed by atoms with Crippen LogP contribution in [0, 0.1) is 12.7 Å². The highest BCUT2D eigenvalue weighted by atomic mass is 32.1. The van der Waals surface area contributed by atoms with E-state index in [0.717, 1.165) is 30.1 Å². The lowest BCUT2D eigenvalue weighted by atomic mass is 9.95. The lowest BCUT2D eigenvalue weighted by Crippen LogP contribution is -2.31. The van der Waals surface area contributed by atoms with Crippen LogP contribution in [-0.4, -0.2) is 34.9 Å². The Morgan fingerprint density at radius 3 is 2.50 bits per heavy atom. The molecular weight excluding hydrogens is 481 g/mol. The molecule has 9 heteroatoms. The van der Waals surface area contributed by atoms with Gasteiger partial charge in [-0.3, -0.25) is 14.5 Å². The number of benzene rings is 2. The van der Waals surface area contributed by atoms with Crippen molar-refractivity contribution < 1.29 is 23.5 Å². The van der Waals surface area contributed by atoms with E-state index in [1.165, 1.54) is 29.2 Å². The Labute approximate surface area is 211 Å². The number of hydrogen-bond donors (Lipinski definition) is 1. The fourth-order valence-corrected chi connectivity index (χ4v) is 5.50. The van der Waals surface area contributed by atoms with Gasteiger partial charge in [0, 0.05) is 18.8 Å². The molecule has 36 heavy (non-hydrogen) atoms. The molecule has 0 saturated carbocycles. The highest BCUT2D eigenvalue weighted by molar-refractivity contribution is 7.22. The zero-order chi connectivity index (χ0) is 25.6. The molecule has 0 radical (unpaired) electrons. The molecule has 1 N–H and O–H groups in total. The predicted octanol–water partition coefficient (Wildman–Crippen LogP) is 5.97. The van der Waals surface area contributed by atoms with Gasteiger partial charge in [0.1, 0.15) is 11.6 Å². The highest BCUT2D eigenvalue weighted by Crippen LogP contribution is 2.44. The van der Waals surface area contributed by atoms with Crippen molar-refractivity contribution in [2.45, 2.75) is 26.8 Å². The van der Waals surface area contributed by atoms with Crippen LogP contribution in [-0.2, 0) is 4.79 Å². The molecule has 0 bridgehead atoms. The van der Waals surface area contributed by atoms with Crippen molar-refractivity contribution >= 4 is 44.1 Å². The summed E-state index contributed by atoms with van der Waals surface area (Å²) < 4.78 is 19.9.